The van der Waals surface area contributed by atoms with Crippen LogP contribution in [0.4, 0.5) is 17.1 Å². The van der Waals surface area contributed by atoms with Gasteiger partial charge < -0.3 is 4.90 Å². The van der Waals surface area contributed by atoms with Crippen LogP contribution in [0.15, 0.2) is 103 Å². The Kier molecular flexibility index (Phi) is 7.13. The highest BCUT2D eigenvalue weighted by atomic mass is 32.1. The van der Waals surface area contributed by atoms with Crippen molar-refractivity contribution in [2.75, 3.05) is 4.90 Å². The molecule has 0 unspecified atom stereocenters. The number of thiazole rings is 1. The van der Waals surface area contributed by atoms with Crippen LogP contribution in [0.25, 0.3) is 22.9 Å². The van der Waals surface area contributed by atoms with Crippen LogP contribution in [0.5, 0.6) is 0 Å². The van der Waals surface area contributed by atoms with E-state index in [2.05, 4.69) is 103 Å². The highest BCUT2D eigenvalue weighted by molar-refractivity contribution is 7.08. The fraction of sp³-hybridized carbons (Fsp3) is 0.0606. The Bertz CT molecular complexity index is 1710. The summed E-state index contributed by atoms with van der Waals surface area (Å²) in [7, 11) is 0. The van der Waals surface area contributed by atoms with E-state index in [0.29, 0.717) is 4.66 Å². The second-order valence-corrected chi connectivity index (χ2v) is 9.97. The van der Waals surface area contributed by atoms with Crippen molar-refractivity contribution in [2.24, 2.45) is 0 Å². The van der Waals surface area contributed by atoms with E-state index >= 15 is 0 Å². The highest BCUT2D eigenvalue weighted by Gasteiger charge is 2.13. The fourth-order valence-corrected chi connectivity index (χ4v) is 5.16. The molecule has 5 heteroatoms. The largest absolute Gasteiger partial charge is 0.311 e. The van der Waals surface area contributed by atoms with Crippen molar-refractivity contribution < 1.29 is 0 Å². The lowest BCUT2D eigenvalue weighted by Crippen LogP contribution is -2.10. The van der Waals surface area contributed by atoms with Gasteiger partial charge in [-0.05, 0) is 61.9 Å². The van der Waals surface area contributed by atoms with Gasteiger partial charge in [0.25, 0.3) is 0 Å². The number of hydrogen-bond donors (Lipinski definition) is 0. The van der Waals surface area contributed by atoms with Gasteiger partial charge in [-0.2, -0.15) is 10.5 Å². The topological polar surface area (TPSA) is 63.7 Å². The molecular weight excluding hydrogens is 484 g/mol. The molecule has 4 nitrogen and oxygen atoms in total. The van der Waals surface area contributed by atoms with Crippen LogP contribution >= 0.6 is 11.3 Å². The summed E-state index contributed by atoms with van der Waals surface area (Å²) in [6, 6.07) is 39.2. The molecule has 5 aromatic rings. The van der Waals surface area contributed by atoms with Crippen molar-refractivity contribution in [1.82, 2.24) is 4.98 Å². The molecule has 0 fully saturated rings. The predicted octanol–water partition coefficient (Wildman–Crippen LogP) is 6.92. The van der Waals surface area contributed by atoms with E-state index in [9.17, 15) is 10.5 Å². The van der Waals surface area contributed by atoms with Crippen molar-refractivity contribution in [2.45, 2.75) is 13.8 Å². The number of aromatic nitrogens is 1. The summed E-state index contributed by atoms with van der Waals surface area (Å²) in [6.07, 6.45) is 2.06. The van der Waals surface area contributed by atoms with Crippen molar-refractivity contribution in [1.29, 1.82) is 10.5 Å². The molecule has 0 N–H and O–H groups in total. The Hall–Kier alpha value is -4.97. The summed E-state index contributed by atoms with van der Waals surface area (Å²) in [4.78, 5) is 6.89. The summed E-state index contributed by atoms with van der Waals surface area (Å²) >= 11 is 1.35. The van der Waals surface area contributed by atoms with Gasteiger partial charge in [0.05, 0.1) is 10.2 Å². The minimum Gasteiger partial charge on any atom is -0.311 e. The summed E-state index contributed by atoms with van der Waals surface area (Å²) in [6.45, 7) is 4.18. The molecule has 0 saturated heterocycles. The lowest BCUT2D eigenvalue weighted by molar-refractivity contribution is 1.27. The number of nitrogens with zero attached hydrogens (tertiary/aromatic N) is 4. The van der Waals surface area contributed by atoms with Gasteiger partial charge in [-0.15, -0.1) is 11.3 Å². The zero-order chi connectivity index (χ0) is 26.5. The number of benzene rings is 4. The molecule has 4 aromatic carbocycles. The van der Waals surface area contributed by atoms with Gasteiger partial charge in [0, 0.05) is 22.6 Å². The molecule has 1 heterocycles. The van der Waals surface area contributed by atoms with E-state index in [1.54, 1.807) is 0 Å². The molecule has 182 valence electrons. The standard InChI is InChI=1S/C33H24N4S/c1-23-8-14-28(15-9-23)37(29-16-10-24(2)11-17-29)30-18-12-25(13-19-30)20-31-32(26-6-4-3-5-7-26)36-33(38-31)27(21-34)22-35/h3-20H,1-2H3/b31-20-. The minimum absolute atomic E-state index is 0.0222. The van der Waals surface area contributed by atoms with E-state index in [1.165, 1.54) is 22.5 Å². The normalized spacial score (nSPS) is 11.0. The van der Waals surface area contributed by atoms with Crippen molar-refractivity contribution >= 4 is 40.0 Å². The SMILES string of the molecule is Cc1ccc(N(c2ccc(C)cc2)c2ccc(/C=c3\sc(=C(C#N)C#N)nc3-c3ccccc3)cc2)cc1. The van der Waals surface area contributed by atoms with Gasteiger partial charge in [0.1, 0.15) is 16.8 Å². The molecular formula is C33H24N4S. The zero-order valence-corrected chi connectivity index (χ0v) is 21.9. The third-order valence-electron chi connectivity index (χ3n) is 6.17. The molecule has 0 spiro atoms. The van der Waals surface area contributed by atoms with Gasteiger partial charge in [-0.25, -0.2) is 4.98 Å². The summed E-state index contributed by atoms with van der Waals surface area (Å²) in [5.41, 5.74) is 8.39. The van der Waals surface area contributed by atoms with Crippen LogP contribution in [-0.2, 0) is 0 Å². The van der Waals surface area contributed by atoms with Crippen LogP contribution in [0.3, 0.4) is 0 Å². The molecule has 1 aromatic heterocycles. The van der Waals surface area contributed by atoms with Crippen LogP contribution < -0.4 is 14.1 Å². The smallest absolute Gasteiger partial charge is 0.165 e. The molecule has 0 saturated carbocycles. The van der Waals surface area contributed by atoms with E-state index < -0.39 is 0 Å². The van der Waals surface area contributed by atoms with Gasteiger partial charge in [0.15, 0.2) is 5.57 Å². The maximum atomic E-state index is 9.38. The van der Waals surface area contributed by atoms with Gasteiger partial charge in [-0.3, -0.25) is 0 Å². The molecule has 0 radical (unpaired) electrons. The first-order valence-electron chi connectivity index (χ1n) is 12.2. The quantitative estimate of drug-likeness (QED) is 0.258. The molecule has 0 bridgehead atoms. The van der Waals surface area contributed by atoms with Crippen LogP contribution in [0, 0.1) is 36.5 Å². The minimum atomic E-state index is 0.0222. The van der Waals surface area contributed by atoms with E-state index in [-0.39, 0.29) is 5.57 Å². The third-order valence-corrected chi connectivity index (χ3v) is 7.19. The first kappa shape index (κ1) is 24.7. The summed E-state index contributed by atoms with van der Waals surface area (Å²) < 4.78 is 1.33. The number of hydrogen-bond acceptors (Lipinski definition) is 5. The lowest BCUT2D eigenvalue weighted by atomic mass is 10.1. The number of nitriles is 2. The summed E-state index contributed by atoms with van der Waals surface area (Å²) in [5, 5.41) is 18.8. The Labute approximate surface area is 226 Å². The third kappa shape index (κ3) is 5.25. The first-order chi connectivity index (χ1) is 18.6. The van der Waals surface area contributed by atoms with Crippen LogP contribution in [-0.4, -0.2) is 4.98 Å². The number of aryl methyl sites for hydroxylation is 2. The zero-order valence-electron chi connectivity index (χ0n) is 21.1. The monoisotopic (exact) mass is 508 g/mol. The lowest BCUT2D eigenvalue weighted by Gasteiger charge is -2.25. The number of anilines is 3. The Morgan fingerprint density at radius 2 is 1.21 bits per heavy atom. The van der Waals surface area contributed by atoms with Gasteiger partial charge in [-0.1, -0.05) is 77.9 Å². The van der Waals surface area contributed by atoms with Gasteiger partial charge >= 0.3 is 0 Å². The molecule has 0 aliphatic heterocycles. The second-order valence-electron chi connectivity index (χ2n) is 8.94. The highest BCUT2D eigenvalue weighted by Crippen LogP contribution is 2.34. The van der Waals surface area contributed by atoms with Gasteiger partial charge in [0.2, 0.25) is 0 Å². The van der Waals surface area contributed by atoms with E-state index in [0.717, 1.165) is 38.4 Å². The molecule has 0 aliphatic rings. The fourth-order valence-electron chi connectivity index (χ4n) is 4.17. The van der Waals surface area contributed by atoms with Crippen LogP contribution in [0.2, 0.25) is 0 Å². The maximum Gasteiger partial charge on any atom is 0.165 e. The molecule has 0 atom stereocenters. The maximum absolute atomic E-state index is 9.38. The van der Waals surface area contributed by atoms with E-state index in [1.807, 2.05) is 42.5 Å². The molecule has 0 amide bonds. The van der Waals surface area contributed by atoms with Crippen molar-refractivity contribution in [3.05, 3.63) is 129 Å². The average Bonchev–Trinajstić information content (AvgIpc) is 3.36. The van der Waals surface area contributed by atoms with Crippen molar-refractivity contribution in [3.8, 4) is 23.4 Å². The Balaban J connectivity index is 1.60. The number of rotatable bonds is 5. The second kappa shape index (κ2) is 11.0. The summed E-state index contributed by atoms with van der Waals surface area (Å²) in [5.74, 6) is 0. The molecule has 5 rings (SSSR count). The molecule has 0 aliphatic carbocycles. The Morgan fingerprint density at radius 3 is 1.71 bits per heavy atom. The van der Waals surface area contributed by atoms with Crippen LogP contribution in [0.1, 0.15) is 16.7 Å². The van der Waals surface area contributed by atoms with Crippen molar-refractivity contribution in [3.63, 3.8) is 0 Å². The molecule has 38 heavy (non-hydrogen) atoms. The van der Waals surface area contributed by atoms with E-state index in [4.69, 9.17) is 0 Å². The average molecular weight is 509 g/mol. The Morgan fingerprint density at radius 1 is 0.711 bits per heavy atom. The predicted molar refractivity (Wildman–Crippen MR) is 156 cm³/mol. The first-order valence-corrected chi connectivity index (χ1v) is 13.0.